The number of carbonyl (C=O) groups excluding carboxylic acids is 1. The molecule has 18 heavy (non-hydrogen) atoms. The summed E-state index contributed by atoms with van der Waals surface area (Å²) in [7, 11) is 0. The van der Waals surface area contributed by atoms with Gasteiger partial charge in [0.25, 0.3) is 5.91 Å². The highest BCUT2D eigenvalue weighted by molar-refractivity contribution is 6.03. The molecule has 0 spiro atoms. The molecule has 0 saturated carbocycles. The summed E-state index contributed by atoms with van der Waals surface area (Å²) in [6.07, 6.45) is 0. The molecular formula is C13H12FN3O. The summed E-state index contributed by atoms with van der Waals surface area (Å²) in [4.78, 5) is 19.6. The molecule has 0 atom stereocenters. The van der Waals surface area contributed by atoms with Crippen LogP contribution in [0.4, 0.5) is 10.1 Å². The van der Waals surface area contributed by atoms with Crippen LogP contribution in [0, 0.1) is 19.8 Å². The Morgan fingerprint density at radius 2 is 1.94 bits per heavy atom. The van der Waals surface area contributed by atoms with E-state index in [2.05, 4.69) is 15.3 Å². The van der Waals surface area contributed by atoms with E-state index < -0.39 is 11.9 Å². The van der Waals surface area contributed by atoms with Crippen LogP contribution in [-0.4, -0.2) is 15.9 Å². The third-order valence-corrected chi connectivity index (χ3v) is 2.42. The Morgan fingerprint density at radius 3 is 2.61 bits per heavy atom. The van der Waals surface area contributed by atoms with Crippen molar-refractivity contribution in [1.29, 1.82) is 0 Å². The van der Waals surface area contributed by atoms with Gasteiger partial charge in [-0.25, -0.2) is 4.98 Å². The number of anilines is 1. The lowest BCUT2D eigenvalue weighted by Crippen LogP contribution is -2.15. The molecular weight excluding hydrogens is 233 g/mol. The maximum absolute atomic E-state index is 12.9. The topological polar surface area (TPSA) is 54.9 Å². The van der Waals surface area contributed by atoms with E-state index in [0.717, 1.165) is 5.69 Å². The molecule has 2 heterocycles. The van der Waals surface area contributed by atoms with Gasteiger partial charge in [-0.2, -0.15) is 4.39 Å². The van der Waals surface area contributed by atoms with Crippen LogP contribution in [0.1, 0.15) is 21.9 Å². The fourth-order valence-corrected chi connectivity index (χ4v) is 1.54. The number of pyridine rings is 2. The molecule has 0 unspecified atom stereocenters. The van der Waals surface area contributed by atoms with Crippen LogP contribution in [0.25, 0.3) is 0 Å². The lowest BCUT2D eigenvalue weighted by atomic mass is 10.2. The van der Waals surface area contributed by atoms with Gasteiger partial charge in [0, 0.05) is 5.69 Å². The lowest BCUT2D eigenvalue weighted by Gasteiger charge is -2.07. The van der Waals surface area contributed by atoms with Crippen LogP contribution >= 0.6 is 0 Å². The van der Waals surface area contributed by atoms with E-state index in [1.165, 1.54) is 18.2 Å². The average Bonchev–Trinajstić information content (AvgIpc) is 2.32. The van der Waals surface area contributed by atoms with Crippen molar-refractivity contribution >= 4 is 11.6 Å². The molecule has 5 heteroatoms. The number of aromatic nitrogens is 2. The third-order valence-electron chi connectivity index (χ3n) is 2.42. The predicted octanol–water partition coefficient (Wildman–Crippen LogP) is 2.48. The molecule has 0 fully saturated rings. The molecule has 1 amide bonds. The molecule has 0 bridgehead atoms. The van der Waals surface area contributed by atoms with E-state index in [-0.39, 0.29) is 5.69 Å². The minimum absolute atomic E-state index is 0.0370. The van der Waals surface area contributed by atoms with Gasteiger partial charge in [0.15, 0.2) is 0 Å². The minimum atomic E-state index is -0.679. The van der Waals surface area contributed by atoms with Gasteiger partial charge in [0.1, 0.15) is 5.69 Å². The summed E-state index contributed by atoms with van der Waals surface area (Å²) in [5, 5.41) is 2.65. The van der Waals surface area contributed by atoms with Crippen LogP contribution in [0.15, 0.2) is 30.3 Å². The highest BCUT2D eigenvalue weighted by Crippen LogP contribution is 2.13. The monoisotopic (exact) mass is 245 g/mol. The average molecular weight is 245 g/mol. The minimum Gasteiger partial charge on any atom is -0.319 e. The number of carbonyl (C=O) groups is 1. The molecule has 0 saturated heterocycles. The van der Waals surface area contributed by atoms with Gasteiger partial charge >= 0.3 is 0 Å². The number of nitrogens with one attached hydrogen (secondary N) is 1. The maximum atomic E-state index is 12.9. The Hall–Kier alpha value is -2.30. The molecule has 0 radical (unpaired) electrons. The van der Waals surface area contributed by atoms with Crippen molar-refractivity contribution < 1.29 is 9.18 Å². The summed E-state index contributed by atoms with van der Waals surface area (Å²) in [5.41, 5.74) is 2.21. The van der Waals surface area contributed by atoms with E-state index >= 15 is 0 Å². The second kappa shape index (κ2) is 4.91. The predicted molar refractivity (Wildman–Crippen MR) is 65.9 cm³/mol. The van der Waals surface area contributed by atoms with Gasteiger partial charge in [0.05, 0.1) is 11.4 Å². The van der Waals surface area contributed by atoms with Crippen LogP contribution in [0.5, 0.6) is 0 Å². The zero-order valence-corrected chi connectivity index (χ0v) is 10.1. The number of nitrogens with zero attached hydrogens (tertiary/aromatic N) is 2. The van der Waals surface area contributed by atoms with Crippen LogP contribution in [0.2, 0.25) is 0 Å². The number of amides is 1. The normalized spacial score (nSPS) is 10.2. The van der Waals surface area contributed by atoms with Crippen molar-refractivity contribution in [1.82, 2.24) is 9.97 Å². The van der Waals surface area contributed by atoms with E-state index in [9.17, 15) is 9.18 Å². The second-order valence-electron chi connectivity index (χ2n) is 3.89. The van der Waals surface area contributed by atoms with Crippen molar-refractivity contribution in [3.63, 3.8) is 0 Å². The van der Waals surface area contributed by atoms with Gasteiger partial charge in [-0.15, -0.1) is 0 Å². The number of hydrogen-bond donors (Lipinski definition) is 1. The van der Waals surface area contributed by atoms with Gasteiger partial charge in [-0.1, -0.05) is 6.07 Å². The summed E-state index contributed by atoms with van der Waals surface area (Å²) in [5.74, 6) is -1.13. The summed E-state index contributed by atoms with van der Waals surface area (Å²) in [6.45, 7) is 3.66. The Balaban J connectivity index is 2.21. The molecule has 92 valence electrons. The molecule has 0 aliphatic heterocycles. The zero-order valence-electron chi connectivity index (χ0n) is 10.1. The van der Waals surface area contributed by atoms with E-state index in [1.54, 1.807) is 19.1 Å². The Labute approximate surface area is 104 Å². The molecule has 2 aromatic heterocycles. The van der Waals surface area contributed by atoms with Crippen molar-refractivity contribution in [2.45, 2.75) is 13.8 Å². The van der Waals surface area contributed by atoms with Gasteiger partial charge in [-0.05, 0) is 38.1 Å². The summed E-state index contributed by atoms with van der Waals surface area (Å²) in [6, 6.07) is 7.64. The van der Waals surface area contributed by atoms with Crippen molar-refractivity contribution in [2.24, 2.45) is 0 Å². The Bertz CT molecular complexity index is 599. The number of rotatable bonds is 2. The largest absolute Gasteiger partial charge is 0.319 e. The van der Waals surface area contributed by atoms with Crippen LogP contribution in [0.3, 0.4) is 0 Å². The fourth-order valence-electron chi connectivity index (χ4n) is 1.54. The third kappa shape index (κ3) is 2.68. The van der Waals surface area contributed by atoms with Gasteiger partial charge in [0.2, 0.25) is 5.95 Å². The van der Waals surface area contributed by atoms with E-state index in [0.29, 0.717) is 11.4 Å². The quantitative estimate of drug-likeness (QED) is 0.827. The Morgan fingerprint density at radius 1 is 1.17 bits per heavy atom. The molecule has 0 aliphatic carbocycles. The van der Waals surface area contributed by atoms with Gasteiger partial charge < -0.3 is 5.32 Å². The molecule has 4 nitrogen and oxygen atoms in total. The first-order valence-corrected chi connectivity index (χ1v) is 5.44. The van der Waals surface area contributed by atoms with Crippen LogP contribution < -0.4 is 5.32 Å². The number of halogens is 1. The van der Waals surface area contributed by atoms with Crippen molar-refractivity contribution in [3.05, 3.63) is 53.4 Å². The Kier molecular flexibility index (Phi) is 3.32. The standard InChI is InChI=1S/C13H12FN3O/c1-8-6-7-10(9(2)15-8)17-13(18)11-4-3-5-12(14)16-11/h3-7H,1-2H3,(H,17,18). The molecule has 2 aromatic rings. The molecule has 1 N–H and O–H groups in total. The number of aryl methyl sites for hydroxylation is 2. The molecule has 0 aliphatic rings. The highest BCUT2D eigenvalue weighted by atomic mass is 19.1. The summed E-state index contributed by atoms with van der Waals surface area (Å²) < 4.78 is 12.9. The fraction of sp³-hybridized carbons (Fsp3) is 0.154. The molecule has 2 rings (SSSR count). The first-order chi connectivity index (χ1) is 8.56. The maximum Gasteiger partial charge on any atom is 0.274 e. The smallest absolute Gasteiger partial charge is 0.274 e. The van der Waals surface area contributed by atoms with Gasteiger partial charge in [-0.3, -0.25) is 9.78 Å². The second-order valence-corrected chi connectivity index (χ2v) is 3.89. The van der Waals surface area contributed by atoms with E-state index in [1.807, 2.05) is 6.92 Å². The molecule has 0 aromatic carbocycles. The van der Waals surface area contributed by atoms with Crippen molar-refractivity contribution in [3.8, 4) is 0 Å². The van der Waals surface area contributed by atoms with E-state index in [4.69, 9.17) is 0 Å². The summed E-state index contributed by atoms with van der Waals surface area (Å²) >= 11 is 0. The SMILES string of the molecule is Cc1ccc(NC(=O)c2cccc(F)n2)c(C)n1. The van der Waals surface area contributed by atoms with Crippen LogP contribution in [-0.2, 0) is 0 Å². The lowest BCUT2D eigenvalue weighted by molar-refractivity contribution is 0.102. The number of hydrogen-bond acceptors (Lipinski definition) is 3. The first kappa shape index (κ1) is 12.2. The van der Waals surface area contributed by atoms with Crippen molar-refractivity contribution in [2.75, 3.05) is 5.32 Å². The first-order valence-electron chi connectivity index (χ1n) is 5.44. The highest BCUT2D eigenvalue weighted by Gasteiger charge is 2.10. The zero-order chi connectivity index (χ0) is 13.1.